The number of nitrogens with zero attached hydrogens (tertiary/aromatic N) is 2. The van der Waals surface area contributed by atoms with Gasteiger partial charge in [-0.1, -0.05) is 64.5 Å². The monoisotopic (exact) mass is 395 g/mol. The van der Waals surface area contributed by atoms with Crippen LogP contribution in [0.4, 0.5) is 5.13 Å². The summed E-state index contributed by atoms with van der Waals surface area (Å²) in [4.78, 5) is 12.1. The molecule has 0 saturated heterocycles. The van der Waals surface area contributed by atoms with Crippen LogP contribution in [0.5, 0.6) is 0 Å². The Kier molecular flexibility index (Phi) is 5.73. The summed E-state index contributed by atoms with van der Waals surface area (Å²) in [5, 5.41) is 12.6. The van der Waals surface area contributed by atoms with Crippen LogP contribution in [-0.2, 0) is 5.75 Å². The number of carbonyl (C=O) groups is 1. The van der Waals surface area contributed by atoms with Crippen molar-refractivity contribution in [2.45, 2.75) is 10.1 Å². The normalized spacial score (nSPS) is 10.6. The molecule has 3 rings (SSSR count). The van der Waals surface area contributed by atoms with Gasteiger partial charge in [0.05, 0.1) is 0 Å². The van der Waals surface area contributed by atoms with E-state index in [1.54, 1.807) is 24.3 Å². The van der Waals surface area contributed by atoms with Gasteiger partial charge in [0.1, 0.15) is 0 Å². The topological polar surface area (TPSA) is 54.9 Å². The van der Waals surface area contributed by atoms with Crippen molar-refractivity contribution in [3.63, 3.8) is 0 Å². The third-order valence-electron chi connectivity index (χ3n) is 3.04. The minimum atomic E-state index is -0.245. The summed E-state index contributed by atoms with van der Waals surface area (Å²) in [5.74, 6) is 0.449. The van der Waals surface area contributed by atoms with E-state index in [1.165, 1.54) is 23.1 Å². The highest BCUT2D eigenvalue weighted by molar-refractivity contribution is 8.00. The molecule has 1 N–H and O–H groups in total. The predicted octanol–water partition coefficient (Wildman–Crippen LogP) is 5.39. The number of halogens is 2. The minimum absolute atomic E-state index is 0.245. The summed E-state index contributed by atoms with van der Waals surface area (Å²) in [6.07, 6.45) is 0. The number of hydrogen-bond donors (Lipinski definition) is 1. The van der Waals surface area contributed by atoms with Gasteiger partial charge in [0.15, 0.2) is 4.34 Å². The van der Waals surface area contributed by atoms with E-state index in [-0.39, 0.29) is 5.91 Å². The molecule has 1 aromatic heterocycles. The molecule has 0 unspecified atom stereocenters. The third-order valence-corrected chi connectivity index (χ3v) is 5.68. The highest BCUT2D eigenvalue weighted by Crippen LogP contribution is 2.30. The van der Waals surface area contributed by atoms with Crippen molar-refractivity contribution in [3.8, 4) is 0 Å². The van der Waals surface area contributed by atoms with E-state index in [1.807, 2.05) is 24.3 Å². The molecular weight excluding hydrogens is 385 g/mol. The van der Waals surface area contributed by atoms with Gasteiger partial charge in [-0.25, -0.2) is 0 Å². The van der Waals surface area contributed by atoms with Crippen molar-refractivity contribution < 1.29 is 4.79 Å². The predicted molar refractivity (Wildman–Crippen MR) is 100 cm³/mol. The van der Waals surface area contributed by atoms with E-state index in [0.29, 0.717) is 21.5 Å². The molecule has 0 aliphatic rings. The van der Waals surface area contributed by atoms with Gasteiger partial charge in [-0.15, -0.1) is 10.2 Å². The molecule has 2 aromatic carbocycles. The molecule has 1 heterocycles. The summed E-state index contributed by atoms with van der Waals surface area (Å²) in [7, 11) is 0. The average Bonchev–Trinajstić information content (AvgIpc) is 3.02. The number of rotatable bonds is 5. The molecule has 122 valence electrons. The number of aromatic nitrogens is 2. The molecule has 0 bridgehead atoms. The zero-order valence-corrected chi connectivity index (χ0v) is 15.3. The Hall–Kier alpha value is -1.60. The third kappa shape index (κ3) is 4.48. The number of nitrogens with one attached hydrogen (secondary N) is 1. The van der Waals surface area contributed by atoms with Crippen LogP contribution in [0.25, 0.3) is 0 Å². The van der Waals surface area contributed by atoms with Crippen LogP contribution in [0, 0.1) is 0 Å². The fraction of sp³-hybridized carbons (Fsp3) is 0.0625. The van der Waals surface area contributed by atoms with Crippen LogP contribution >= 0.6 is 46.3 Å². The summed E-state index contributed by atoms with van der Waals surface area (Å²) in [5.41, 5.74) is 1.55. The van der Waals surface area contributed by atoms with Crippen LogP contribution in [0.15, 0.2) is 52.9 Å². The fourth-order valence-electron chi connectivity index (χ4n) is 1.84. The van der Waals surface area contributed by atoms with Crippen LogP contribution in [0.2, 0.25) is 10.0 Å². The first-order chi connectivity index (χ1) is 11.6. The molecule has 0 fully saturated rings. The van der Waals surface area contributed by atoms with Crippen molar-refractivity contribution in [2.24, 2.45) is 0 Å². The molecule has 0 atom stereocenters. The lowest BCUT2D eigenvalue weighted by Gasteiger charge is -2.01. The van der Waals surface area contributed by atoms with E-state index in [2.05, 4.69) is 15.5 Å². The quantitative estimate of drug-likeness (QED) is 0.464. The second kappa shape index (κ2) is 7.98. The molecule has 8 heteroatoms. The molecule has 4 nitrogen and oxygen atoms in total. The van der Waals surface area contributed by atoms with E-state index in [0.717, 1.165) is 14.9 Å². The van der Waals surface area contributed by atoms with Gasteiger partial charge in [-0.05, 0) is 35.9 Å². The maximum Gasteiger partial charge on any atom is 0.257 e. The van der Waals surface area contributed by atoms with E-state index >= 15 is 0 Å². The Morgan fingerprint density at radius 3 is 2.58 bits per heavy atom. The van der Waals surface area contributed by atoms with Gasteiger partial charge in [0, 0.05) is 21.4 Å². The van der Waals surface area contributed by atoms with Crippen LogP contribution in [0.1, 0.15) is 15.9 Å². The molecule has 3 aromatic rings. The number of benzene rings is 2. The first-order valence-corrected chi connectivity index (χ1v) is 9.44. The lowest BCUT2D eigenvalue weighted by molar-refractivity contribution is 0.102. The Morgan fingerprint density at radius 1 is 1.08 bits per heavy atom. The molecule has 0 spiro atoms. The van der Waals surface area contributed by atoms with Crippen molar-refractivity contribution in [1.29, 1.82) is 0 Å². The summed E-state index contributed by atoms with van der Waals surface area (Å²) in [6, 6.07) is 14.3. The van der Waals surface area contributed by atoms with Gasteiger partial charge >= 0.3 is 0 Å². The molecule has 0 aliphatic heterocycles. The zero-order chi connectivity index (χ0) is 16.9. The second-order valence-electron chi connectivity index (χ2n) is 4.71. The van der Waals surface area contributed by atoms with Crippen LogP contribution < -0.4 is 5.32 Å². The van der Waals surface area contributed by atoms with Crippen LogP contribution in [-0.4, -0.2) is 16.1 Å². The van der Waals surface area contributed by atoms with Gasteiger partial charge in [-0.2, -0.15) is 0 Å². The largest absolute Gasteiger partial charge is 0.296 e. The second-order valence-corrected chi connectivity index (χ2v) is 7.76. The number of hydrogen-bond acceptors (Lipinski definition) is 5. The van der Waals surface area contributed by atoms with Crippen molar-refractivity contribution in [2.75, 3.05) is 5.32 Å². The first-order valence-electron chi connectivity index (χ1n) is 6.88. The Labute approximate surface area is 157 Å². The van der Waals surface area contributed by atoms with Crippen molar-refractivity contribution in [3.05, 3.63) is 69.7 Å². The number of carbonyl (C=O) groups excluding carboxylic acids is 1. The van der Waals surface area contributed by atoms with Gasteiger partial charge < -0.3 is 0 Å². The lowest BCUT2D eigenvalue weighted by Crippen LogP contribution is -2.11. The van der Waals surface area contributed by atoms with Gasteiger partial charge in [-0.3, -0.25) is 10.1 Å². The molecular formula is C16H11Cl2N3OS2. The maximum atomic E-state index is 12.1. The molecule has 0 radical (unpaired) electrons. The highest BCUT2D eigenvalue weighted by atomic mass is 35.5. The smallest absolute Gasteiger partial charge is 0.257 e. The Bertz CT molecular complexity index is 853. The van der Waals surface area contributed by atoms with Crippen molar-refractivity contribution in [1.82, 2.24) is 10.2 Å². The Morgan fingerprint density at radius 2 is 1.83 bits per heavy atom. The SMILES string of the molecule is O=C(Nc1nnc(SCc2ccccc2Cl)s1)c1ccc(Cl)cc1. The highest BCUT2D eigenvalue weighted by Gasteiger charge is 2.11. The first kappa shape index (κ1) is 17.2. The van der Waals surface area contributed by atoms with E-state index in [4.69, 9.17) is 23.2 Å². The molecule has 0 saturated carbocycles. The average molecular weight is 396 g/mol. The number of thioether (sulfide) groups is 1. The maximum absolute atomic E-state index is 12.1. The number of anilines is 1. The molecule has 24 heavy (non-hydrogen) atoms. The zero-order valence-electron chi connectivity index (χ0n) is 12.2. The molecule has 1 amide bonds. The van der Waals surface area contributed by atoms with Gasteiger partial charge in [0.25, 0.3) is 5.91 Å². The van der Waals surface area contributed by atoms with Crippen molar-refractivity contribution >= 4 is 57.3 Å². The fourth-order valence-corrected chi connectivity index (χ4v) is 4.00. The van der Waals surface area contributed by atoms with E-state index in [9.17, 15) is 4.79 Å². The van der Waals surface area contributed by atoms with E-state index < -0.39 is 0 Å². The summed E-state index contributed by atoms with van der Waals surface area (Å²) < 4.78 is 0.765. The summed E-state index contributed by atoms with van der Waals surface area (Å²) >= 11 is 14.8. The number of amides is 1. The Balaban J connectivity index is 1.60. The van der Waals surface area contributed by atoms with Gasteiger partial charge in [0.2, 0.25) is 5.13 Å². The summed E-state index contributed by atoms with van der Waals surface area (Å²) in [6.45, 7) is 0. The minimum Gasteiger partial charge on any atom is -0.296 e. The standard InChI is InChI=1S/C16H11Cl2N3OS2/c17-12-7-5-10(6-8-12)14(22)19-15-20-21-16(24-15)23-9-11-3-1-2-4-13(11)18/h1-8H,9H2,(H,19,20,22). The lowest BCUT2D eigenvalue weighted by atomic mass is 10.2. The molecule has 0 aliphatic carbocycles. The van der Waals surface area contributed by atoms with Crippen LogP contribution in [0.3, 0.4) is 0 Å².